The van der Waals surface area contributed by atoms with Crippen molar-refractivity contribution in [3.8, 4) is 0 Å². The van der Waals surface area contributed by atoms with E-state index in [0.717, 1.165) is 8.96 Å². The van der Waals surface area contributed by atoms with E-state index in [9.17, 15) is 0 Å². The highest BCUT2D eigenvalue weighted by molar-refractivity contribution is 9.12. The number of rotatable bonds is 0. The molecule has 1 rings (SSSR count). The van der Waals surface area contributed by atoms with Gasteiger partial charge in [0.25, 0.3) is 0 Å². The number of hydrogen-bond acceptors (Lipinski definition) is 1. The fourth-order valence-corrected chi connectivity index (χ4v) is 1.52. The fraction of sp³-hybridized carbons (Fsp3) is 0.200. The average molecular weight is 240 g/mol. The molecule has 0 bridgehead atoms. The predicted octanol–water partition coefficient (Wildman–Crippen LogP) is 2.53. The van der Waals surface area contributed by atoms with Crippen LogP contribution >= 0.6 is 31.9 Å². The van der Waals surface area contributed by atoms with Crippen molar-refractivity contribution in [1.29, 1.82) is 0 Å². The minimum atomic E-state index is 0.648. The van der Waals surface area contributed by atoms with Gasteiger partial charge in [-0.1, -0.05) is 15.9 Å². The van der Waals surface area contributed by atoms with E-state index in [0.29, 0.717) is 6.61 Å². The monoisotopic (exact) mass is 238 g/mol. The van der Waals surface area contributed by atoms with E-state index in [1.165, 1.54) is 0 Å². The van der Waals surface area contributed by atoms with Crippen molar-refractivity contribution in [2.24, 2.45) is 0 Å². The minimum absolute atomic E-state index is 0.648. The molecule has 1 aliphatic rings. The first-order valence-electron chi connectivity index (χ1n) is 2.12. The van der Waals surface area contributed by atoms with Crippen LogP contribution in [0.2, 0.25) is 0 Å². The van der Waals surface area contributed by atoms with Crippen LogP contribution in [0.15, 0.2) is 21.3 Å². The summed E-state index contributed by atoms with van der Waals surface area (Å²) in [5.41, 5.74) is 0. The van der Waals surface area contributed by atoms with Gasteiger partial charge in [0.05, 0.1) is 10.7 Å². The fourth-order valence-electron chi connectivity index (χ4n) is 0.426. The van der Waals surface area contributed by atoms with Crippen LogP contribution in [0.25, 0.3) is 0 Å². The molecule has 0 aromatic carbocycles. The maximum Gasteiger partial charge on any atom is 0.119 e. The topological polar surface area (TPSA) is 9.23 Å². The van der Waals surface area contributed by atoms with Crippen molar-refractivity contribution < 1.29 is 4.74 Å². The van der Waals surface area contributed by atoms with E-state index in [4.69, 9.17) is 4.74 Å². The van der Waals surface area contributed by atoms with E-state index < -0.39 is 0 Å². The SMILES string of the molecule is BrC1=COCC(Br)=C1. The largest absolute Gasteiger partial charge is 0.495 e. The summed E-state index contributed by atoms with van der Waals surface area (Å²) in [6.07, 6.45) is 3.63. The van der Waals surface area contributed by atoms with Crippen LogP contribution in [0.4, 0.5) is 0 Å². The van der Waals surface area contributed by atoms with Crippen molar-refractivity contribution in [3.05, 3.63) is 21.3 Å². The Morgan fingerprint density at radius 1 is 1.50 bits per heavy atom. The number of hydrogen-bond donors (Lipinski definition) is 0. The van der Waals surface area contributed by atoms with Crippen molar-refractivity contribution in [2.45, 2.75) is 0 Å². The van der Waals surface area contributed by atoms with E-state index in [1.807, 2.05) is 6.08 Å². The summed E-state index contributed by atoms with van der Waals surface area (Å²) in [6, 6.07) is 0. The molecule has 0 saturated heterocycles. The minimum Gasteiger partial charge on any atom is -0.495 e. The Labute approximate surface area is 64.7 Å². The quantitative estimate of drug-likeness (QED) is 0.632. The van der Waals surface area contributed by atoms with Gasteiger partial charge in [-0.3, -0.25) is 0 Å². The molecule has 0 unspecified atom stereocenters. The van der Waals surface area contributed by atoms with Gasteiger partial charge in [0.15, 0.2) is 0 Å². The van der Waals surface area contributed by atoms with Crippen molar-refractivity contribution in [1.82, 2.24) is 0 Å². The van der Waals surface area contributed by atoms with E-state index >= 15 is 0 Å². The van der Waals surface area contributed by atoms with Gasteiger partial charge >= 0.3 is 0 Å². The molecule has 0 atom stereocenters. The van der Waals surface area contributed by atoms with Gasteiger partial charge in [-0.2, -0.15) is 0 Å². The van der Waals surface area contributed by atoms with Crippen molar-refractivity contribution in [2.75, 3.05) is 6.61 Å². The summed E-state index contributed by atoms with van der Waals surface area (Å²) in [6.45, 7) is 0.648. The van der Waals surface area contributed by atoms with E-state index in [2.05, 4.69) is 31.9 Å². The van der Waals surface area contributed by atoms with Crippen LogP contribution in [0.5, 0.6) is 0 Å². The molecular weight excluding hydrogens is 236 g/mol. The van der Waals surface area contributed by atoms with Gasteiger partial charge in [-0.05, 0) is 22.0 Å². The highest BCUT2D eigenvalue weighted by atomic mass is 79.9. The van der Waals surface area contributed by atoms with Crippen LogP contribution in [-0.4, -0.2) is 6.61 Å². The number of ether oxygens (including phenoxy) is 1. The maximum absolute atomic E-state index is 4.97. The second-order valence-corrected chi connectivity index (χ2v) is 3.34. The molecule has 0 radical (unpaired) electrons. The molecule has 0 saturated carbocycles. The van der Waals surface area contributed by atoms with Gasteiger partial charge < -0.3 is 4.74 Å². The molecule has 44 valence electrons. The first-order valence-corrected chi connectivity index (χ1v) is 3.71. The van der Waals surface area contributed by atoms with Gasteiger partial charge in [0.1, 0.15) is 6.61 Å². The lowest BCUT2D eigenvalue weighted by Crippen LogP contribution is -1.91. The molecule has 0 spiro atoms. The van der Waals surface area contributed by atoms with Gasteiger partial charge in [-0.15, -0.1) is 0 Å². The third kappa shape index (κ3) is 1.63. The lowest BCUT2D eigenvalue weighted by Gasteiger charge is -2.04. The van der Waals surface area contributed by atoms with Crippen LogP contribution in [0.1, 0.15) is 0 Å². The Balaban J connectivity index is 2.69. The third-order valence-corrected chi connectivity index (χ3v) is 1.59. The van der Waals surface area contributed by atoms with Crippen molar-refractivity contribution >= 4 is 31.9 Å². The molecule has 1 heterocycles. The molecule has 0 N–H and O–H groups in total. The Morgan fingerprint density at radius 3 is 2.62 bits per heavy atom. The average Bonchev–Trinajstić information content (AvgIpc) is 1.64. The molecule has 3 heteroatoms. The molecule has 0 aliphatic carbocycles. The molecule has 1 aliphatic heterocycles. The summed E-state index contributed by atoms with van der Waals surface area (Å²) in [7, 11) is 0. The highest BCUT2D eigenvalue weighted by Crippen LogP contribution is 2.18. The van der Waals surface area contributed by atoms with Crippen molar-refractivity contribution in [3.63, 3.8) is 0 Å². The van der Waals surface area contributed by atoms with Crippen LogP contribution in [0, 0.1) is 0 Å². The second kappa shape index (κ2) is 2.69. The molecule has 8 heavy (non-hydrogen) atoms. The smallest absolute Gasteiger partial charge is 0.119 e. The molecule has 0 amide bonds. The zero-order valence-electron chi connectivity index (χ0n) is 4.03. The summed E-state index contributed by atoms with van der Waals surface area (Å²) in [5, 5.41) is 0. The molecule has 1 nitrogen and oxygen atoms in total. The summed E-state index contributed by atoms with van der Waals surface area (Å²) < 4.78 is 7.00. The van der Waals surface area contributed by atoms with Crippen LogP contribution in [-0.2, 0) is 4.74 Å². The van der Waals surface area contributed by atoms with Gasteiger partial charge in [0.2, 0.25) is 0 Å². The zero-order chi connectivity index (χ0) is 5.98. The number of allylic oxidation sites excluding steroid dienone is 2. The van der Waals surface area contributed by atoms with Crippen LogP contribution in [0.3, 0.4) is 0 Å². The standard InChI is InChI=1S/C5H4Br2O/c6-4-1-5(7)3-8-2-4/h1-2H,3H2. The Kier molecular flexibility index (Phi) is 2.14. The summed E-state index contributed by atoms with van der Waals surface area (Å²) in [4.78, 5) is 0. The Morgan fingerprint density at radius 2 is 2.25 bits per heavy atom. The first-order chi connectivity index (χ1) is 3.79. The van der Waals surface area contributed by atoms with Gasteiger partial charge in [-0.25, -0.2) is 0 Å². The highest BCUT2D eigenvalue weighted by Gasteiger charge is 1.98. The Hall–Kier alpha value is 0.240. The van der Waals surface area contributed by atoms with E-state index in [-0.39, 0.29) is 0 Å². The predicted molar refractivity (Wildman–Crippen MR) is 40.0 cm³/mol. The summed E-state index contributed by atoms with van der Waals surface area (Å²) >= 11 is 6.55. The first kappa shape index (κ1) is 6.36. The van der Waals surface area contributed by atoms with E-state index in [1.54, 1.807) is 6.26 Å². The second-order valence-electron chi connectivity index (χ2n) is 1.40. The lowest BCUT2D eigenvalue weighted by atomic mass is 10.4. The zero-order valence-corrected chi connectivity index (χ0v) is 7.20. The van der Waals surface area contributed by atoms with Gasteiger partial charge in [0, 0.05) is 4.48 Å². The molecule has 0 aromatic rings. The third-order valence-electron chi connectivity index (χ3n) is 0.712. The normalized spacial score (nSPS) is 18.8. The molecule has 0 aromatic heterocycles. The lowest BCUT2D eigenvalue weighted by molar-refractivity contribution is 0.283. The van der Waals surface area contributed by atoms with Crippen LogP contribution < -0.4 is 0 Å². The number of halogens is 2. The Bertz CT molecular complexity index is 149. The maximum atomic E-state index is 4.97. The molecular formula is C5H4Br2O. The summed E-state index contributed by atoms with van der Waals surface area (Å²) in [5.74, 6) is 0. The molecule has 0 fully saturated rings.